The fourth-order valence-electron chi connectivity index (χ4n) is 2.17. The molecule has 0 saturated carbocycles. The van der Waals surface area contributed by atoms with Gasteiger partial charge in [0.25, 0.3) is 0 Å². The van der Waals surface area contributed by atoms with Crippen LogP contribution in [0.5, 0.6) is 11.5 Å². The predicted octanol–water partition coefficient (Wildman–Crippen LogP) is 4.31. The minimum absolute atomic E-state index is 0.605. The molecule has 21 heavy (non-hydrogen) atoms. The van der Waals surface area contributed by atoms with Crippen LogP contribution in [0, 0.1) is 0 Å². The number of nitrogen functional groups attached to an aromatic ring is 2. The number of para-hydroxylation sites is 1. The van der Waals surface area contributed by atoms with E-state index in [0.717, 1.165) is 11.1 Å². The average molecular weight is 276 g/mol. The van der Waals surface area contributed by atoms with E-state index < -0.39 is 0 Å². The average Bonchev–Trinajstić information content (AvgIpc) is 2.52. The first-order chi connectivity index (χ1) is 10.2. The second-order valence-corrected chi connectivity index (χ2v) is 4.76. The van der Waals surface area contributed by atoms with E-state index in [2.05, 4.69) is 0 Å². The molecule has 104 valence electrons. The molecule has 0 aliphatic carbocycles. The van der Waals surface area contributed by atoms with Gasteiger partial charge in [0.1, 0.15) is 5.75 Å². The Morgan fingerprint density at radius 3 is 2.10 bits per heavy atom. The molecule has 3 rings (SSSR count). The van der Waals surface area contributed by atoms with Gasteiger partial charge in [-0.2, -0.15) is 0 Å². The Hall–Kier alpha value is -2.94. The van der Waals surface area contributed by atoms with Crippen molar-refractivity contribution in [1.82, 2.24) is 0 Å². The van der Waals surface area contributed by atoms with E-state index in [-0.39, 0.29) is 0 Å². The molecule has 0 aliphatic heterocycles. The molecule has 0 heterocycles. The number of anilines is 2. The zero-order valence-electron chi connectivity index (χ0n) is 11.5. The number of nitrogens with two attached hydrogens (primary N) is 2. The van der Waals surface area contributed by atoms with Crippen LogP contribution in [0.2, 0.25) is 0 Å². The van der Waals surface area contributed by atoms with Gasteiger partial charge >= 0.3 is 0 Å². The molecular weight excluding hydrogens is 260 g/mol. The van der Waals surface area contributed by atoms with Gasteiger partial charge in [-0.25, -0.2) is 0 Å². The Morgan fingerprint density at radius 1 is 0.667 bits per heavy atom. The van der Waals surface area contributed by atoms with Gasteiger partial charge in [0.2, 0.25) is 0 Å². The molecule has 0 spiro atoms. The Morgan fingerprint density at radius 2 is 1.38 bits per heavy atom. The summed E-state index contributed by atoms with van der Waals surface area (Å²) < 4.78 is 5.97. The highest BCUT2D eigenvalue weighted by Gasteiger charge is 2.10. The van der Waals surface area contributed by atoms with E-state index in [9.17, 15) is 0 Å². The molecule has 0 aliphatic rings. The molecule has 3 aromatic rings. The van der Waals surface area contributed by atoms with Gasteiger partial charge in [0.05, 0.1) is 5.69 Å². The fourth-order valence-corrected chi connectivity index (χ4v) is 2.17. The molecule has 0 amide bonds. The van der Waals surface area contributed by atoms with Gasteiger partial charge in [-0.15, -0.1) is 0 Å². The summed E-state index contributed by atoms with van der Waals surface area (Å²) in [5.74, 6) is 1.37. The summed E-state index contributed by atoms with van der Waals surface area (Å²) >= 11 is 0. The maximum atomic E-state index is 6.09. The molecule has 0 saturated heterocycles. The third-order valence-electron chi connectivity index (χ3n) is 3.23. The highest BCUT2D eigenvalue weighted by molar-refractivity contribution is 5.77. The van der Waals surface area contributed by atoms with Crippen LogP contribution in [0.3, 0.4) is 0 Å². The molecule has 0 aromatic heterocycles. The summed E-state index contributed by atoms with van der Waals surface area (Å²) in [6.07, 6.45) is 0. The van der Waals surface area contributed by atoms with Crippen molar-refractivity contribution in [3.05, 3.63) is 72.8 Å². The van der Waals surface area contributed by atoms with Gasteiger partial charge in [0, 0.05) is 11.3 Å². The summed E-state index contributed by atoms with van der Waals surface area (Å²) in [7, 11) is 0. The molecular formula is C18H16N2O. The Kier molecular flexibility index (Phi) is 3.48. The molecule has 0 radical (unpaired) electrons. The standard InChI is InChI=1S/C18H16N2O/c19-14-9-11-15(12-10-14)21-18-16(7-4-8-17(18)20)13-5-2-1-3-6-13/h1-12H,19-20H2. The Bertz CT molecular complexity index is 737. The van der Waals surface area contributed by atoms with Crippen molar-refractivity contribution in [2.75, 3.05) is 11.5 Å². The van der Waals surface area contributed by atoms with Crippen LogP contribution in [0.4, 0.5) is 11.4 Å². The number of hydrogen-bond acceptors (Lipinski definition) is 3. The molecule has 0 atom stereocenters. The maximum absolute atomic E-state index is 6.09. The van der Waals surface area contributed by atoms with Gasteiger partial charge < -0.3 is 16.2 Å². The van der Waals surface area contributed by atoms with E-state index in [4.69, 9.17) is 16.2 Å². The van der Waals surface area contributed by atoms with Crippen LogP contribution in [-0.2, 0) is 0 Å². The molecule has 0 unspecified atom stereocenters. The number of ether oxygens (including phenoxy) is 1. The summed E-state index contributed by atoms with van der Waals surface area (Å²) in [6, 6.07) is 23.0. The fraction of sp³-hybridized carbons (Fsp3) is 0. The smallest absolute Gasteiger partial charge is 0.158 e. The summed E-state index contributed by atoms with van der Waals surface area (Å²) in [5.41, 5.74) is 15.1. The van der Waals surface area contributed by atoms with E-state index in [1.54, 1.807) is 12.1 Å². The van der Waals surface area contributed by atoms with Crippen LogP contribution in [0.15, 0.2) is 72.8 Å². The molecule has 0 fully saturated rings. The van der Waals surface area contributed by atoms with Crippen molar-refractivity contribution in [3.8, 4) is 22.6 Å². The van der Waals surface area contributed by atoms with Crippen molar-refractivity contribution in [1.29, 1.82) is 0 Å². The lowest BCUT2D eigenvalue weighted by Crippen LogP contribution is -1.95. The van der Waals surface area contributed by atoms with Crippen LogP contribution in [-0.4, -0.2) is 0 Å². The molecule has 3 heteroatoms. The SMILES string of the molecule is Nc1ccc(Oc2c(N)cccc2-c2ccccc2)cc1. The second-order valence-electron chi connectivity index (χ2n) is 4.76. The van der Waals surface area contributed by atoms with Gasteiger partial charge in [-0.05, 0) is 35.9 Å². The molecule has 4 N–H and O–H groups in total. The van der Waals surface area contributed by atoms with Crippen molar-refractivity contribution >= 4 is 11.4 Å². The Balaban J connectivity index is 2.03. The third kappa shape index (κ3) is 2.82. The van der Waals surface area contributed by atoms with Crippen molar-refractivity contribution in [3.63, 3.8) is 0 Å². The Labute approximate surface area is 123 Å². The molecule has 3 nitrogen and oxygen atoms in total. The minimum Gasteiger partial charge on any atom is -0.455 e. The third-order valence-corrected chi connectivity index (χ3v) is 3.23. The molecule has 0 bridgehead atoms. The van der Waals surface area contributed by atoms with E-state index in [1.165, 1.54) is 0 Å². The van der Waals surface area contributed by atoms with Crippen LogP contribution in [0.25, 0.3) is 11.1 Å². The van der Waals surface area contributed by atoms with Crippen LogP contribution >= 0.6 is 0 Å². The first-order valence-corrected chi connectivity index (χ1v) is 6.71. The zero-order chi connectivity index (χ0) is 14.7. The monoisotopic (exact) mass is 276 g/mol. The normalized spacial score (nSPS) is 10.3. The van der Waals surface area contributed by atoms with Crippen molar-refractivity contribution in [2.45, 2.75) is 0 Å². The lowest BCUT2D eigenvalue weighted by atomic mass is 10.0. The minimum atomic E-state index is 0.605. The zero-order valence-corrected chi connectivity index (χ0v) is 11.5. The second kappa shape index (κ2) is 5.59. The van der Waals surface area contributed by atoms with Gasteiger partial charge in [-0.1, -0.05) is 42.5 Å². The number of hydrogen-bond donors (Lipinski definition) is 2. The summed E-state index contributed by atoms with van der Waals surface area (Å²) in [4.78, 5) is 0. The van der Waals surface area contributed by atoms with Crippen molar-refractivity contribution < 1.29 is 4.74 Å². The lowest BCUT2D eigenvalue weighted by molar-refractivity contribution is 0.487. The topological polar surface area (TPSA) is 61.3 Å². The first kappa shape index (κ1) is 13.1. The van der Waals surface area contributed by atoms with Crippen LogP contribution < -0.4 is 16.2 Å². The van der Waals surface area contributed by atoms with Crippen molar-refractivity contribution in [2.24, 2.45) is 0 Å². The lowest BCUT2D eigenvalue weighted by Gasteiger charge is -2.14. The highest BCUT2D eigenvalue weighted by atomic mass is 16.5. The first-order valence-electron chi connectivity index (χ1n) is 6.71. The predicted molar refractivity (Wildman–Crippen MR) is 87.2 cm³/mol. The largest absolute Gasteiger partial charge is 0.455 e. The summed E-state index contributed by atoms with van der Waals surface area (Å²) in [5, 5.41) is 0. The highest BCUT2D eigenvalue weighted by Crippen LogP contribution is 2.37. The van der Waals surface area contributed by atoms with Gasteiger partial charge in [0.15, 0.2) is 5.75 Å². The van der Waals surface area contributed by atoms with E-state index >= 15 is 0 Å². The summed E-state index contributed by atoms with van der Waals surface area (Å²) in [6.45, 7) is 0. The number of benzene rings is 3. The molecule has 3 aromatic carbocycles. The number of rotatable bonds is 3. The van der Waals surface area contributed by atoms with E-state index in [0.29, 0.717) is 22.9 Å². The quantitative estimate of drug-likeness (QED) is 0.701. The van der Waals surface area contributed by atoms with E-state index in [1.807, 2.05) is 60.7 Å². The maximum Gasteiger partial charge on any atom is 0.158 e. The van der Waals surface area contributed by atoms with Crippen LogP contribution in [0.1, 0.15) is 0 Å². The van der Waals surface area contributed by atoms with Gasteiger partial charge in [-0.3, -0.25) is 0 Å².